The summed E-state index contributed by atoms with van der Waals surface area (Å²) >= 11 is 1.39. The van der Waals surface area contributed by atoms with Crippen molar-refractivity contribution in [1.29, 1.82) is 0 Å². The minimum atomic E-state index is -0.0478. The molecule has 0 fully saturated rings. The largest absolute Gasteiger partial charge is 0.497 e. The molecule has 6 nitrogen and oxygen atoms in total. The van der Waals surface area contributed by atoms with Gasteiger partial charge in [0.2, 0.25) is 0 Å². The van der Waals surface area contributed by atoms with Gasteiger partial charge in [-0.2, -0.15) is 0 Å². The van der Waals surface area contributed by atoms with Gasteiger partial charge in [-0.3, -0.25) is 9.36 Å². The highest BCUT2D eigenvalue weighted by atomic mass is 32.1. The molecule has 1 aliphatic heterocycles. The molecule has 4 rings (SSSR count). The molecule has 0 radical (unpaired) electrons. The molecule has 0 atom stereocenters. The van der Waals surface area contributed by atoms with Crippen molar-refractivity contribution in [3.63, 3.8) is 0 Å². The van der Waals surface area contributed by atoms with Crippen LogP contribution in [0, 0.1) is 0 Å². The maximum Gasteiger partial charge on any atom is 0.271 e. The fourth-order valence-corrected chi connectivity index (χ4v) is 3.51. The molecule has 3 aromatic rings. The van der Waals surface area contributed by atoms with Crippen molar-refractivity contribution in [2.24, 2.45) is 4.99 Å². The van der Waals surface area contributed by atoms with Crippen LogP contribution in [0.25, 0.3) is 6.08 Å². The predicted molar refractivity (Wildman–Crippen MR) is 92.0 cm³/mol. The Morgan fingerprint density at radius 3 is 2.83 bits per heavy atom. The molecule has 0 aliphatic carbocycles. The number of methoxy groups -OCH3 is 1. The van der Waals surface area contributed by atoms with Gasteiger partial charge in [0, 0.05) is 11.8 Å². The van der Waals surface area contributed by atoms with Crippen LogP contribution >= 0.6 is 11.3 Å². The van der Waals surface area contributed by atoms with Crippen LogP contribution in [0.15, 0.2) is 56.9 Å². The van der Waals surface area contributed by atoms with Gasteiger partial charge in [0.15, 0.2) is 4.80 Å². The van der Waals surface area contributed by atoms with Gasteiger partial charge >= 0.3 is 0 Å². The number of hydrogen-bond donors (Lipinski definition) is 0. The Kier molecular flexibility index (Phi) is 3.70. The lowest BCUT2D eigenvalue weighted by Gasteiger charge is -2.25. The zero-order valence-electron chi connectivity index (χ0n) is 13.0. The van der Waals surface area contributed by atoms with Crippen LogP contribution in [0.4, 0.5) is 5.69 Å². The summed E-state index contributed by atoms with van der Waals surface area (Å²) < 4.78 is 12.8. The summed E-state index contributed by atoms with van der Waals surface area (Å²) in [4.78, 5) is 19.9. The van der Waals surface area contributed by atoms with E-state index in [9.17, 15) is 4.79 Å². The van der Waals surface area contributed by atoms with E-state index < -0.39 is 0 Å². The number of rotatable bonds is 3. The molecular formula is C17H15N3O3S. The van der Waals surface area contributed by atoms with E-state index in [1.165, 1.54) is 11.3 Å². The van der Waals surface area contributed by atoms with E-state index in [1.54, 1.807) is 30.1 Å². The summed E-state index contributed by atoms with van der Waals surface area (Å²) in [5, 5.41) is 0. The van der Waals surface area contributed by atoms with Gasteiger partial charge in [-0.1, -0.05) is 11.3 Å². The lowest BCUT2D eigenvalue weighted by Crippen LogP contribution is -2.42. The molecule has 0 bridgehead atoms. The Bertz CT molecular complexity index is 1020. The molecule has 0 saturated carbocycles. The van der Waals surface area contributed by atoms with E-state index in [0.717, 1.165) is 16.2 Å². The van der Waals surface area contributed by atoms with E-state index >= 15 is 0 Å². The summed E-state index contributed by atoms with van der Waals surface area (Å²) in [5.41, 5.74) is 0.952. The van der Waals surface area contributed by atoms with Crippen LogP contribution in [0.3, 0.4) is 0 Å². The molecule has 122 valence electrons. The average molecular weight is 341 g/mol. The van der Waals surface area contributed by atoms with Gasteiger partial charge in [-0.15, -0.1) is 0 Å². The van der Waals surface area contributed by atoms with E-state index in [-0.39, 0.29) is 5.56 Å². The topological polar surface area (TPSA) is 60.0 Å². The fraction of sp³-hybridized carbons (Fsp3) is 0.176. The molecule has 1 aromatic carbocycles. The third kappa shape index (κ3) is 2.63. The van der Waals surface area contributed by atoms with Gasteiger partial charge in [0.25, 0.3) is 5.56 Å². The first-order chi connectivity index (χ1) is 11.7. The summed E-state index contributed by atoms with van der Waals surface area (Å²) in [7, 11) is 1.64. The predicted octanol–water partition coefficient (Wildman–Crippen LogP) is 1.39. The first-order valence-electron chi connectivity index (χ1n) is 7.43. The van der Waals surface area contributed by atoms with Crippen molar-refractivity contribution in [2.75, 3.05) is 18.7 Å². The van der Waals surface area contributed by atoms with Crippen LogP contribution in [-0.4, -0.2) is 18.3 Å². The smallest absolute Gasteiger partial charge is 0.271 e. The Hall–Kier alpha value is -2.80. The number of fused-ring (bicyclic) bond motifs is 1. The second kappa shape index (κ2) is 6.01. The molecule has 0 saturated heterocycles. The Balaban J connectivity index is 1.68. The first-order valence-corrected chi connectivity index (χ1v) is 8.24. The summed E-state index contributed by atoms with van der Waals surface area (Å²) in [6.45, 7) is 0.999. The number of nitrogens with zero attached hydrogens (tertiary/aromatic N) is 3. The normalized spacial score (nSPS) is 14.4. The molecule has 0 N–H and O–H groups in total. The minimum absolute atomic E-state index is 0.0478. The van der Waals surface area contributed by atoms with Gasteiger partial charge in [0.1, 0.15) is 24.8 Å². The molecule has 1 aliphatic rings. The average Bonchev–Trinajstić information content (AvgIpc) is 3.24. The highest BCUT2D eigenvalue weighted by Gasteiger charge is 2.16. The second-order valence-electron chi connectivity index (χ2n) is 5.32. The van der Waals surface area contributed by atoms with Crippen molar-refractivity contribution < 1.29 is 9.15 Å². The number of hydrogen-bond acceptors (Lipinski definition) is 6. The highest BCUT2D eigenvalue weighted by Crippen LogP contribution is 2.20. The third-order valence-corrected chi connectivity index (χ3v) is 4.88. The standard InChI is InChI=1S/C17H15N3O3S/c1-22-13-6-4-12(5-7-13)19-10-18-17-20(11-19)16(21)15(24-17)9-14-3-2-8-23-14/h2-9H,10-11H2,1H3. The fourth-order valence-electron chi connectivity index (χ4n) is 2.57. The molecule has 0 unspecified atom stereocenters. The number of benzene rings is 1. The van der Waals surface area contributed by atoms with Gasteiger partial charge in [-0.05, 0) is 36.4 Å². The van der Waals surface area contributed by atoms with E-state index in [1.807, 2.05) is 35.2 Å². The van der Waals surface area contributed by atoms with E-state index in [4.69, 9.17) is 9.15 Å². The van der Waals surface area contributed by atoms with Gasteiger partial charge in [0.05, 0.1) is 17.9 Å². The first kappa shape index (κ1) is 14.8. The molecule has 2 aromatic heterocycles. The van der Waals surface area contributed by atoms with Gasteiger partial charge in [-0.25, -0.2) is 4.99 Å². The number of anilines is 1. The van der Waals surface area contributed by atoms with Crippen molar-refractivity contribution in [3.8, 4) is 5.75 Å². The Labute approximate surface area is 141 Å². The Morgan fingerprint density at radius 1 is 1.29 bits per heavy atom. The van der Waals surface area contributed by atoms with Gasteiger partial charge < -0.3 is 14.1 Å². The summed E-state index contributed by atoms with van der Waals surface area (Å²) in [6.07, 6.45) is 3.35. The lowest BCUT2D eigenvalue weighted by molar-refractivity contribution is 0.414. The highest BCUT2D eigenvalue weighted by molar-refractivity contribution is 7.07. The number of furan rings is 1. The second-order valence-corrected chi connectivity index (χ2v) is 6.33. The maximum absolute atomic E-state index is 12.6. The molecule has 24 heavy (non-hydrogen) atoms. The van der Waals surface area contributed by atoms with E-state index in [2.05, 4.69) is 4.99 Å². The number of aromatic nitrogens is 1. The summed E-state index contributed by atoms with van der Waals surface area (Å²) in [6, 6.07) is 11.4. The zero-order chi connectivity index (χ0) is 16.5. The molecule has 0 amide bonds. The maximum atomic E-state index is 12.6. The molecule has 0 spiro atoms. The van der Waals surface area contributed by atoms with Crippen LogP contribution in [0.1, 0.15) is 5.76 Å². The Morgan fingerprint density at radius 2 is 2.12 bits per heavy atom. The minimum Gasteiger partial charge on any atom is -0.497 e. The monoisotopic (exact) mass is 341 g/mol. The third-order valence-electron chi connectivity index (χ3n) is 3.83. The van der Waals surface area contributed by atoms with Crippen LogP contribution in [0.5, 0.6) is 5.75 Å². The number of thiazole rings is 1. The quantitative estimate of drug-likeness (QED) is 0.722. The molecular weight excluding hydrogens is 326 g/mol. The van der Waals surface area contributed by atoms with Crippen molar-refractivity contribution in [2.45, 2.75) is 6.67 Å². The lowest BCUT2D eigenvalue weighted by atomic mass is 10.3. The number of ether oxygens (including phenoxy) is 1. The molecule has 7 heteroatoms. The van der Waals surface area contributed by atoms with Crippen molar-refractivity contribution in [1.82, 2.24) is 4.57 Å². The summed E-state index contributed by atoms with van der Waals surface area (Å²) in [5.74, 6) is 1.47. The zero-order valence-corrected chi connectivity index (χ0v) is 13.8. The van der Waals surface area contributed by atoms with Crippen LogP contribution in [-0.2, 0) is 6.67 Å². The van der Waals surface area contributed by atoms with E-state index in [0.29, 0.717) is 23.6 Å². The van der Waals surface area contributed by atoms with Crippen LogP contribution < -0.4 is 24.5 Å². The SMILES string of the molecule is COc1ccc(N2CN=c3sc(=Cc4ccco4)c(=O)n3C2)cc1. The van der Waals surface area contributed by atoms with Crippen molar-refractivity contribution in [3.05, 3.63) is 68.1 Å². The van der Waals surface area contributed by atoms with Crippen molar-refractivity contribution >= 4 is 23.1 Å². The molecule has 3 heterocycles. The van der Waals surface area contributed by atoms with Crippen LogP contribution in [0.2, 0.25) is 0 Å².